The fourth-order valence-corrected chi connectivity index (χ4v) is 5.22. The van der Waals surface area contributed by atoms with Gasteiger partial charge in [0, 0.05) is 25.7 Å². The number of aromatic nitrogens is 4. The Balaban J connectivity index is 0.00000156. The number of anilines is 1. The van der Waals surface area contributed by atoms with Crippen molar-refractivity contribution >= 4 is 28.6 Å². The molecular formula is C27H31ClF2N6O. The first-order valence-corrected chi connectivity index (χ1v) is 12.7. The lowest BCUT2D eigenvalue weighted by Crippen LogP contribution is -2.60. The van der Waals surface area contributed by atoms with Gasteiger partial charge in [0.15, 0.2) is 11.5 Å². The average molecular weight is 529 g/mol. The molecule has 0 saturated carbocycles. The molecular weight excluding hydrogens is 498 g/mol. The Morgan fingerprint density at radius 1 is 0.973 bits per heavy atom. The highest BCUT2D eigenvalue weighted by Gasteiger charge is 2.43. The third-order valence-electron chi connectivity index (χ3n) is 6.73. The van der Waals surface area contributed by atoms with Gasteiger partial charge in [0.2, 0.25) is 5.28 Å². The minimum Gasteiger partial charge on any atom is -0.394 e. The minimum absolute atomic E-state index is 0.0339. The van der Waals surface area contributed by atoms with Gasteiger partial charge < -0.3 is 15.0 Å². The number of H-pyrrole nitrogens is 1. The molecule has 10 heteroatoms. The topological polar surface area (TPSA) is 81.2 Å². The van der Waals surface area contributed by atoms with E-state index in [1.165, 1.54) is 24.3 Å². The Morgan fingerprint density at radius 2 is 1.54 bits per heavy atom. The van der Waals surface area contributed by atoms with E-state index in [1.54, 1.807) is 24.3 Å². The van der Waals surface area contributed by atoms with Gasteiger partial charge in [0.25, 0.3) is 0 Å². The van der Waals surface area contributed by atoms with Crippen molar-refractivity contribution in [2.45, 2.75) is 39.3 Å². The van der Waals surface area contributed by atoms with Crippen molar-refractivity contribution in [1.29, 1.82) is 0 Å². The number of piperazine rings is 1. The maximum absolute atomic E-state index is 13.8. The Bertz CT molecular complexity index is 1300. The standard InChI is InChI=1S/C25H25ClF2N6O.C2H6/c1-15-13-33(11-12-34(15)23-21-22(30-16(2)29-21)31-24(26)32-23)25(14-35,17-3-7-19(27)8-4-17)18-5-9-20(28)10-6-18;1-2/h3-10,15,35H,11-14H2,1-2H3,(H,29,30,31,32);1-2H3. The maximum atomic E-state index is 13.8. The monoisotopic (exact) mass is 528 g/mol. The Kier molecular flexibility index (Phi) is 8.06. The number of halogens is 3. The average Bonchev–Trinajstić information content (AvgIpc) is 3.27. The van der Waals surface area contributed by atoms with Crippen LogP contribution in [0.1, 0.15) is 37.7 Å². The molecule has 1 aliphatic rings. The number of aliphatic hydroxyl groups excluding tert-OH is 1. The summed E-state index contributed by atoms with van der Waals surface area (Å²) in [5.74, 6) is 0.664. The molecule has 2 aromatic heterocycles. The highest BCUT2D eigenvalue weighted by Crippen LogP contribution is 2.38. The molecule has 1 fully saturated rings. The smallest absolute Gasteiger partial charge is 0.226 e. The molecule has 2 aromatic carbocycles. The number of aryl methyl sites for hydroxylation is 1. The molecule has 196 valence electrons. The number of hydrogen-bond donors (Lipinski definition) is 2. The SMILES string of the molecule is CC.Cc1nc2nc(Cl)nc(N3CCN(C(CO)(c4ccc(F)cc4)c4ccc(F)cc4)CC3C)c2[nH]1. The lowest BCUT2D eigenvalue weighted by Gasteiger charge is -2.50. The third kappa shape index (κ3) is 5.03. The van der Waals surface area contributed by atoms with E-state index in [4.69, 9.17) is 11.6 Å². The molecule has 5 rings (SSSR count). The van der Waals surface area contributed by atoms with E-state index in [0.717, 1.165) is 22.5 Å². The Morgan fingerprint density at radius 3 is 2.05 bits per heavy atom. The molecule has 7 nitrogen and oxygen atoms in total. The van der Waals surface area contributed by atoms with Crippen LogP contribution in [-0.2, 0) is 5.54 Å². The summed E-state index contributed by atoms with van der Waals surface area (Å²) < 4.78 is 27.6. The molecule has 1 aliphatic heterocycles. The quantitative estimate of drug-likeness (QED) is 0.352. The lowest BCUT2D eigenvalue weighted by molar-refractivity contribution is 0.0432. The number of nitrogens with one attached hydrogen (secondary N) is 1. The fraction of sp³-hybridized carbons (Fsp3) is 0.370. The van der Waals surface area contributed by atoms with Crippen LogP contribution >= 0.6 is 11.6 Å². The maximum Gasteiger partial charge on any atom is 0.226 e. The predicted octanol–water partition coefficient (Wildman–Crippen LogP) is 5.07. The van der Waals surface area contributed by atoms with E-state index in [9.17, 15) is 13.9 Å². The van der Waals surface area contributed by atoms with Crippen LogP contribution in [-0.4, -0.2) is 62.2 Å². The van der Waals surface area contributed by atoms with Gasteiger partial charge in [0.1, 0.15) is 23.0 Å². The summed E-state index contributed by atoms with van der Waals surface area (Å²) in [6.45, 7) is 9.32. The zero-order valence-electron chi connectivity index (χ0n) is 21.3. The molecule has 3 heterocycles. The number of benzene rings is 2. The van der Waals surface area contributed by atoms with Crippen LogP contribution < -0.4 is 4.90 Å². The van der Waals surface area contributed by atoms with Gasteiger partial charge in [-0.05, 0) is 60.8 Å². The molecule has 0 amide bonds. The molecule has 0 spiro atoms. The summed E-state index contributed by atoms with van der Waals surface area (Å²) >= 11 is 6.20. The number of aromatic amines is 1. The van der Waals surface area contributed by atoms with E-state index >= 15 is 0 Å². The lowest BCUT2D eigenvalue weighted by atomic mass is 9.80. The molecule has 1 atom stereocenters. The van der Waals surface area contributed by atoms with Crippen LogP contribution in [0.4, 0.5) is 14.6 Å². The summed E-state index contributed by atoms with van der Waals surface area (Å²) in [5.41, 5.74) is 1.70. The van der Waals surface area contributed by atoms with Crippen molar-refractivity contribution in [2.24, 2.45) is 0 Å². The van der Waals surface area contributed by atoms with Crippen molar-refractivity contribution < 1.29 is 13.9 Å². The van der Waals surface area contributed by atoms with Gasteiger partial charge in [-0.15, -0.1) is 0 Å². The van der Waals surface area contributed by atoms with Gasteiger partial charge in [0.05, 0.1) is 12.1 Å². The number of fused-ring (bicyclic) bond motifs is 1. The van der Waals surface area contributed by atoms with Crippen LogP contribution in [0.25, 0.3) is 11.2 Å². The largest absolute Gasteiger partial charge is 0.394 e. The van der Waals surface area contributed by atoms with Crippen LogP contribution in [0.3, 0.4) is 0 Å². The van der Waals surface area contributed by atoms with Crippen LogP contribution in [0.15, 0.2) is 48.5 Å². The van der Waals surface area contributed by atoms with E-state index in [2.05, 4.69) is 36.7 Å². The van der Waals surface area contributed by atoms with E-state index in [1.807, 2.05) is 20.8 Å². The third-order valence-corrected chi connectivity index (χ3v) is 6.90. The van der Waals surface area contributed by atoms with Gasteiger partial charge in [-0.25, -0.2) is 13.8 Å². The zero-order chi connectivity index (χ0) is 26.7. The first kappa shape index (κ1) is 26.9. The second-order valence-corrected chi connectivity index (χ2v) is 9.20. The normalized spacial score (nSPS) is 16.5. The first-order valence-electron chi connectivity index (χ1n) is 12.4. The zero-order valence-corrected chi connectivity index (χ0v) is 22.1. The molecule has 0 aliphatic carbocycles. The molecule has 4 aromatic rings. The highest BCUT2D eigenvalue weighted by atomic mass is 35.5. The fourth-order valence-electron chi connectivity index (χ4n) is 5.06. The number of imidazole rings is 1. The van der Waals surface area contributed by atoms with Crippen molar-refractivity contribution in [3.8, 4) is 0 Å². The first-order chi connectivity index (χ1) is 17.8. The number of rotatable bonds is 5. The second-order valence-electron chi connectivity index (χ2n) is 8.86. The van der Waals surface area contributed by atoms with Crippen molar-refractivity contribution in [3.63, 3.8) is 0 Å². The Labute approximate surface area is 220 Å². The molecule has 1 saturated heterocycles. The number of hydrogen-bond acceptors (Lipinski definition) is 6. The van der Waals surface area contributed by atoms with Crippen LogP contribution in [0, 0.1) is 18.6 Å². The van der Waals surface area contributed by atoms with Gasteiger partial charge in [-0.3, -0.25) is 4.90 Å². The molecule has 2 N–H and O–H groups in total. The number of aliphatic hydroxyl groups is 1. The summed E-state index contributed by atoms with van der Waals surface area (Å²) in [4.78, 5) is 20.6. The van der Waals surface area contributed by atoms with Crippen molar-refractivity contribution in [3.05, 3.63) is 82.4 Å². The van der Waals surface area contributed by atoms with E-state index in [0.29, 0.717) is 31.1 Å². The van der Waals surface area contributed by atoms with Crippen LogP contribution in [0.2, 0.25) is 5.28 Å². The molecule has 0 bridgehead atoms. The second kappa shape index (κ2) is 11.1. The summed E-state index contributed by atoms with van der Waals surface area (Å²) in [7, 11) is 0. The summed E-state index contributed by atoms with van der Waals surface area (Å²) in [5, 5.41) is 11.0. The Hall–Kier alpha value is -3.14. The number of nitrogens with zero attached hydrogens (tertiary/aromatic N) is 5. The summed E-state index contributed by atoms with van der Waals surface area (Å²) in [6.07, 6.45) is 0. The molecule has 0 radical (unpaired) electrons. The summed E-state index contributed by atoms with van der Waals surface area (Å²) in [6, 6.07) is 12.2. The highest BCUT2D eigenvalue weighted by molar-refractivity contribution is 6.28. The molecule has 1 unspecified atom stereocenters. The predicted molar refractivity (Wildman–Crippen MR) is 142 cm³/mol. The van der Waals surface area contributed by atoms with Crippen molar-refractivity contribution in [1.82, 2.24) is 24.8 Å². The van der Waals surface area contributed by atoms with Gasteiger partial charge in [-0.1, -0.05) is 38.1 Å². The molecule has 37 heavy (non-hydrogen) atoms. The van der Waals surface area contributed by atoms with E-state index in [-0.39, 0.29) is 29.6 Å². The van der Waals surface area contributed by atoms with Gasteiger partial charge in [-0.2, -0.15) is 9.97 Å². The van der Waals surface area contributed by atoms with Crippen molar-refractivity contribution in [2.75, 3.05) is 31.1 Å². The van der Waals surface area contributed by atoms with Crippen LogP contribution in [0.5, 0.6) is 0 Å². The van der Waals surface area contributed by atoms with E-state index < -0.39 is 5.54 Å². The van der Waals surface area contributed by atoms with Gasteiger partial charge >= 0.3 is 0 Å². The minimum atomic E-state index is -0.981.